The second-order valence-corrected chi connectivity index (χ2v) is 4.38. The first-order valence-electron chi connectivity index (χ1n) is 5.64. The van der Waals surface area contributed by atoms with Crippen LogP contribution in [0.4, 0.5) is 0 Å². The minimum atomic E-state index is -0.0210. The van der Waals surface area contributed by atoms with E-state index in [1.807, 2.05) is 39.8 Å². The second-order valence-electron chi connectivity index (χ2n) is 4.38. The Morgan fingerprint density at radius 2 is 1.82 bits per heavy atom. The minimum absolute atomic E-state index is 0.0210. The third-order valence-electron chi connectivity index (χ3n) is 2.82. The van der Waals surface area contributed by atoms with E-state index in [1.165, 1.54) is 0 Å². The molecule has 2 aromatic heterocycles. The van der Waals surface area contributed by atoms with Gasteiger partial charge >= 0.3 is 0 Å². The molecular weight excluding hydrogens is 214 g/mol. The summed E-state index contributed by atoms with van der Waals surface area (Å²) < 4.78 is 1.79. The maximum absolute atomic E-state index is 9.47. The normalized spacial score (nSPS) is 10.9. The summed E-state index contributed by atoms with van der Waals surface area (Å²) in [6, 6.07) is 3.97. The van der Waals surface area contributed by atoms with Crippen LogP contribution in [0, 0.1) is 27.7 Å². The van der Waals surface area contributed by atoms with Crippen LogP contribution in [0.15, 0.2) is 12.1 Å². The van der Waals surface area contributed by atoms with Crippen LogP contribution in [0.1, 0.15) is 28.2 Å². The molecule has 0 aliphatic rings. The third kappa shape index (κ3) is 2.08. The molecule has 90 valence electrons. The molecule has 2 rings (SSSR count). The fraction of sp³-hybridized carbons (Fsp3) is 0.385. The Kier molecular flexibility index (Phi) is 2.98. The van der Waals surface area contributed by atoms with Crippen LogP contribution in [0.5, 0.6) is 0 Å². The number of nitrogens with zero attached hydrogens (tertiary/aromatic N) is 3. The first-order chi connectivity index (χ1) is 8.02. The molecule has 0 aliphatic heterocycles. The van der Waals surface area contributed by atoms with Gasteiger partial charge in [0.05, 0.1) is 12.3 Å². The van der Waals surface area contributed by atoms with Gasteiger partial charge in [0.25, 0.3) is 0 Å². The Morgan fingerprint density at radius 1 is 1.12 bits per heavy atom. The molecule has 0 amide bonds. The van der Waals surface area contributed by atoms with Gasteiger partial charge in [0, 0.05) is 17.0 Å². The van der Waals surface area contributed by atoms with Gasteiger partial charge in [0.15, 0.2) is 5.82 Å². The molecule has 0 spiro atoms. The zero-order valence-electron chi connectivity index (χ0n) is 10.7. The fourth-order valence-electron chi connectivity index (χ4n) is 2.06. The van der Waals surface area contributed by atoms with Gasteiger partial charge in [-0.25, -0.2) is 9.67 Å². The molecule has 0 radical (unpaired) electrons. The minimum Gasteiger partial charge on any atom is -0.392 e. The van der Waals surface area contributed by atoms with Crippen LogP contribution in [0.25, 0.3) is 5.82 Å². The van der Waals surface area contributed by atoms with E-state index in [9.17, 15) is 5.11 Å². The van der Waals surface area contributed by atoms with Crippen LogP contribution in [-0.4, -0.2) is 19.9 Å². The third-order valence-corrected chi connectivity index (χ3v) is 2.82. The molecule has 4 nitrogen and oxygen atoms in total. The zero-order chi connectivity index (χ0) is 12.6. The summed E-state index contributed by atoms with van der Waals surface area (Å²) in [5.41, 5.74) is 4.79. The Labute approximate surface area is 101 Å². The van der Waals surface area contributed by atoms with Crippen molar-refractivity contribution in [2.75, 3.05) is 0 Å². The smallest absolute Gasteiger partial charge is 0.159 e. The highest BCUT2D eigenvalue weighted by Gasteiger charge is 2.12. The van der Waals surface area contributed by atoms with Gasteiger partial charge in [-0.1, -0.05) is 0 Å². The van der Waals surface area contributed by atoms with E-state index >= 15 is 0 Å². The Hall–Kier alpha value is -1.68. The number of aliphatic hydroxyl groups is 1. The molecule has 17 heavy (non-hydrogen) atoms. The topological polar surface area (TPSA) is 50.9 Å². The number of hydrogen-bond acceptors (Lipinski definition) is 3. The zero-order valence-corrected chi connectivity index (χ0v) is 10.7. The van der Waals surface area contributed by atoms with Gasteiger partial charge in [-0.3, -0.25) is 0 Å². The lowest BCUT2D eigenvalue weighted by molar-refractivity contribution is 0.280. The summed E-state index contributed by atoms with van der Waals surface area (Å²) in [5.74, 6) is 0.732. The quantitative estimate of drug-likeness (QED) is 0.860. The lowest BCUT2D eigenvalue weighted by Crippen LogP contribution is -2.09. The van der Waals surface area contributed by atoms with Crippen LogP contribution in [-0.2, 0) is 6.61 Å². The van der Waals surface area contributed by atoms with E-state index in [0.29, 0.717) is 0 Å². The summed E-state index contributed by atoms with van der Waals surface area (Å²) in [4.78, 5) is 4.49. The molecule has 2 heterocycles. The highest BCUT2D eigenvalue weighted by atomic mass is 16.3. The Bertz CT molecular complexity index is 558. The maximum Gasteiger partial charge on any atom is 0.159 e. The predicted octanol–water partition coefficient (Wildman–Crippen LogP) is 1.99. The Balaban J connectivity index is 2.69. The van der Waals surface area contributed by atoms with E-state index in [2.05, 4.69) is 10.1 Å². The molecule has 0 aromatic carbocycles. The summed E-state index contributed by atoms with van der Waals surface area (Å²) >= 11 is 0. The van der Waals surface area contributed by atoms with Gasteiger partial charge < -0.3 is 5.11 Å². The van der Waals surface area contributed by atoms with Gasteiger partial charge in [-0.05, 0) is 45.4 Å². The standard InChI is InChI=1S/C13H17N3O/c1-8-5-9(2)14-13(12(8)7-17)16-11(4)6-10(3)15-16/h5-6,17H,7H2,1-4H3. The maximum atomic E-state index is 9.47. The van der Waals surface area contributed by atoms with Gasteiger partial charge in [0.2, 0.25) is 0 Å². The molecule has 0 unspecified atom stereocenters. The highest BCUT2D eigenvalue weighted by molar-refractivity contribution is 5.41. The van der Waals surface area contributed by atoms with Crippen molar-refractivity contribution in [3.63, 3.8) is 0 Å². The van der Waals surface area contributed by atoms with Crippen molar-refractivity contribution in [1.29, 1.82) is 0 Å². The van der Waals surface area contributed by atoms with Crippen molar-refractivity contribution < 1.29 is 5.11 Å². The number of pyridine rings is 1. The van der Waals surface area contributed by atoms with Gasteiger partial charge in [-0.2, -0.15) is 5.10 Å². The number of hydrogen-bond donors (Lipinski definition) is 1. The number of rotatable bonds is 2. The van der Waals surface area contributed by atoms with E-state index in [0.717, 1.165) is 34.0 Å². The summed E-state index contributed by atoms with van der Waals surface area (Å²) in [6.07, 6.45) is 0. The molecule has 4 heteroatoms. The van der Waals surface area contributed by atoms with Crippen molar-refractivity contribution in [3.05, 3.63) is 40.3 Å². The highest BCUT2D eigenvalue weighted by Crippen LogP contribution is 2.19. The van der Waals surface area contributed by atoms with E-state index in [1.54, 1.807) is 4.68 Å². The monoisotopic (exact) mass is 231 g/mol. The predicted molar refractivity (Wildman–Crippen MR) is 66.2 cm³/mol. The van der Waals surface area contributed by atoms with E-state index in [4.69, 9.17) is 0 Å². The van der Waals surface area contributed by atoms with Crippen LogP contribution in [0.3, 0.4) is 0 Å². The van der Waals surface area contributed by atoms with Crippen LogP contribution < -0.4 is 0 Å². The molecule has 0 saturated heterocycles. The van der Waals surface area contributed by atoms with Crippen molar-refractivity contribution in [1.82, 2.24) is 14.8 Å². The SMILES string of the molecule is Cc1cc(C)c(CO)c(-n2nc(C)cc2C)n1. The number of aryl methyl sites for hydroxylation is 4. The molecule has 1 N–H and O–H groups in total. The Morgan fingerprint density at radius 3 is 2.35 bits per heavy atom. The molecule has 0 saturated carbocycles. The van der Waals surface area contributed by atoms with Crippen molar-refractivity contribution in [2.24, 2.45) is 0 Å². The van der Waals surface area contributed by atoms with Crippen molar-refractivity contribution >= 4 is 0 Å². The van der Waals surface area contributed by atoms with E-state index in [-0.39, 0.29) is 6.61 Å². The van der Waals surface area contributed by atoms with E-state index < -0.39 is 0 Å². The van der Waals surface area contributed by atoms with Gasteiger partial charge in [-0.15, -0.1) is 0 Å². The molecule has 0 aliphatic carbocycles. The first-order valence-corrected chi connectivity index (χ1v) is 5.64. The molecule has 0 bridgehead atoms. The summed E-state index contributed by atoms with van der Waals surface area (Å²) in [5, 5.41) is 13.9. The molecule has 2 aromatic rings. The lowest BCUT2D eigenvalue weighted by atomic mass is 10.1. The van der Waals surface area contributed by atoms with Crippen molar-refractivity contribution in [2.45, 2.75) is 34.3 Å². The van der Waals surface area contributed by atoms with Gasteiger partial charge in [0.1, 0.15) is 0 Å². The molecule has 0 fully saturated rings. The molecule has 0 atom stereocenters. The fourth-order valence-corrected chi connectivity index (χ4v) is 2.06. The number of aromatic nitrogens is 3. The summed E-state index contributed by atoms with van der Waals surface area (Å²) in [6.45, 7) is 7.84. The average Bonchev–Trinajstić information content (AvgIpc) is 2.56. The first kappa shape index (κ1) is 11.8. The summed E-state index contributed by atoms with van der Waals surface area (Å²) in [7, 11) is 0. The van der Waals surface area contributed by atoms with Crippen LogP contribution in [0.2, 0.25) is 0 Å². The number of aliphatic hydroxyl groups excluding tert-OH is 1. The van der Waals surface area contributed by atoms with Crippen molar-refractivity contribution in [3.8, 4) is 5.82 Å². The average molecular weight is 231 g/mol. The lowest BCUT2D eigenvalue weighted by Gasteiger charge is -2.12. The second kappa shape index (κ2) is 4.30. The molecular formula is C13H17N3O. The largest absolute Gasteiger partial charge is 0.392 e. The van der Waals surface area contributed by atoms with Crippen LogP contribution >= 0.6 is 0 Å².